The first-order valence-electron chi connectivity index (χ1n) is 10.2. The zero-order chi connectivity index (χ0) is 20.3. The van der Waals surface area contributed by atoms with Gasteiger partial charge >= 0.3 is 0 Å². The summed E-state index contributed by atoms with van der Waals surface area (Å²) in [5.74, 6) is 1.55. The van der Waals surface area contributed by atoms with E-state index in [0.717, 1.165) is 53.5 Å². The van der Waals surface area contributed by atoms with Gasteiger partial charge in [0.25, 0.3) is 0 Å². The Kier molecular flexibility index (Phi) is 7.34. The molecule has 1 aliphatic heterocycles. The average molecular weight is 421 g/mol. The maximum absolute atomic E-state index is 13.1. The number of thiophene rings is 1. The van der Waals surface area contributed by atoms with E-state index in [-0.39, 0.29) is 0 Å². The fraction of sp³-hybridized carbons (Fsp3) is 0.667. The van der Waals surface area contributed by atoms with Crippen molar-refractivity contribution in [3.8, 4) is 0 Å². The topological polar surface area (TPSA) is 49.3 Å². The van der Waals surface area contributed by atoms with Crippen LogP contribution >= 0.6 is 23.1 Å². The highest BCUT2D eigenvalue weighted by Gasteiger charge is 2.27. The number of carbonyl (C=O) groups excluding carboxylic acids is 1. The third-order valence-corrected chi connectivity index (χ3v) is 7.60. The maximum Gasteiger partial charge on any atom is 0.223 e. The van der Waals surface area contributed by atoms with Crippen LogP contribution in [0.4, 0.5) is 0 Å². The standard InChI is InChI=1S/C21H32N4OS2/c1-14(2)12-25(17-6-9-24(5)10-7-17)18(26)8-11-27-20-19-15(3)16(4)28-21(19)23-13-22-20/h13-14,17H,6-12H2,1-5H3. The third-order valence-electron chi connectivity index (χ3n) is 5.50. The lowest BCUT2D eigenvalue weighted by Gasteiger charge is -2.38. The smallest absolute Gasteiger partial charge is 0.223 e. The minimum atomic E-state index is 0.291. The predicted molar refractivity (Wildman–Crippen MR) is 119 cm³/mol. The number of aryl methyl sites for hydroxylation is 2. The van der Waals surface area contributed by atoms with Crippen molar-refractivity contribution in [2.24, 2.45) is 5.92 Å². The maximum atomic E-state index is 13.1. The molecule has 7 heteroatoms. The SMILES string of the molecule is Cc1sc2ncnc(SCCC(=O)N(CC(C)C)C3CCN(C)CC3)c2c1C. The third kappa shape index (κ3) is 5.05. The molecule has 0 N–H and O–H groups in total. The summed E-state index contributed by atoms with van der Waals surface area (Å²) in [6.07, 6.45) is 4.38. The molecule has 2 aromatic heterocycles. The van der Waals surface area contributed by atoms with E-state index >= 15 is 0 Å². The van der Waals surface area contributed by atoms with Gasteiger partial charge in [-0.1, -0.05) is 13.8 Å². The van der Waals surface area contributed by atoms with E-state index in [1.165, 1.54) is 10.4 Å². The molecule has 0 saturated carbocycles. The Morgan fingerprint density at radius 1 is 1.32 bits per heavy atom. The van der Waals surface area contributed by atoms with Crippen LogP contribution in [0.2, 0.25) is 0 Å². The molecule has 2 aromatic rings. The van der Waals surface area contributed by atoms with Crippen molar-refractivity contribution in [3.05, 3.63) is 16.8 Å². The highest BCUT2D eigenvalue weighted by Crippen LogP contribution is 2.34. The molecule has 28 heavy (non-hydrogen) atoms. The van der Waals surface area contributed by atoms with Crippen LogP contribution in [0.3, 0.4) is 0 Å². The Bertz CT molecular complexity index is 812. The van der Waals surface area contributed by atoms with Crippen molar-refractivity contribution in [2.75, 3.05) is 32.4 Å². The number of amides is 1. The number of nitrogens with zero attached hydrogens (tertiary/aromatic N) is 4. The second-order valence-electron chi connectivity index (χ2n) is 8.22. The number of likely N-dealkylation sites (tertiary alicyclic amines) is 1. The van der Waals surface area contributed by atoms with Gasteiger partial charge in [-0.25, -0.2) is 9.97 Å². The lowest BCUT2D eigenvalue weighted by molar-refractivity contribution is -0.134. The zero-order valence-corrected chi connectivity index (χ0v) is 19.3. The second-order valence-corrected chi connectivity index (χ2v) is 10.5. The normalized spacial score (nSPS) is 16.2. The van der Waals surface area contributed by atoms with Gasteiger partial charge in [0.05, 0.1) is 0 Å². The lowest BCUT2D eigenvalue weighted by Crippen LogP contribution is -2.48. The first kappa shape index (κ1) is 21.5. The van der Waals surface area contributed by atoms with Gasteiger partial charge in [0.15, 0.2) is 0 Å². The number of fused-ring (bicyclic) bond motifs is 1. The van der Waals surface area contributed by atoms with Gasteiger partial charge in [-0.05, 0) is 58.3 Å². The van der Waals surface area contributed by atoms with Crippen molar-refractivity contribution in [2.45, 2.75) is 58.0 Å². The number of aromatic nitrogens is 2. The van der Waals surface area contributed by atoms with Crippen LogP contribution in [-0.4, -0.2) is 64.2 Å². The van der Waals surface area contributed by atoms with Gasteiger partial charge in [0.1, 0.15) is 16.2 Å². The Labute approximate surface area is 176 Å². The Hall–Kier alpha value is -1.18. The molecule has 0 unspecified atom stereocenters. The van der Waals surface area contributed by atoms with Crippen LogP contribution in [0.15, 0.2) is 11.4 Å². The van der Waals surface area contributed by atoms with E-state index < -0.39 is 0 Å². The predicted octanol–water partition coefficient (Wildman–Crippen LogP) is 4.37. The summed E-state index contributed by atoms with van der Waals surface area (Å²) in [6, 6.07) is 0.392. The number of thioether (sulfide) groups is 1. The molecule has 0 aromatic carbocycles. The first-order valence-corrected chi connectivity index (χ1v) is 12.0. The molecule has 0 aliphatic carbocycles. The van der Waals surface area contributed by atoms with E-state index in [2.05, 4.69) is 54.5 Å². The highest BCUT2D eigenvalue weighted by atomic mass is 32.2. The van der Waals surface area contributed by atoms with Gasteiger partial charge < -0.3 is 9.80 Å². The summed E-state index contributed by atoms with van der Waals surface area (Å²) < 4.78 is 0. The van der Waals surface area contributed by atoms with Crippen molar-refractivity contribution < 1.29 is 4.79 Å². The minimum Gasteiger partial charge on any atom is -0.339 e. The van der Waals surface area contributed by atoms with Gasteiger partial charge in [-0.2, -0.15) is 0 Å². The molecule has 0 atom stereocenters. The van der Waals surface area contributed by atoms with E-state index in [1.807, 2.05) is 0 Å². The summed E-state index contributed by atoms with van der Waals surface area (Å²) in [6.45, 7) is 11.7. The zero-order valence-electron chi connectivity index (χ0n) is 17.7. The quantitative estimate of drug-likeness (QED) is 0.492. The summed E-state index contributed by atoms with van der Waals surface area (Å²) in [4.78, 5) is 28.8. The fourth-order valence-corrected chi connectivity index (χ4v) is 5.84. The van der Waals surface area contributed by atoms with Crippen LogP contribution in [0.5, 0.6) is 0 Å². The van der Waals surface area contributed by atoms with Crippen molar-refractivity contribution in [1.82, 2.24) is 19.8 Å². The molecular weight excluding hydrogens is 388 g/mol. The van der Waals surface area contributed by atoms with Crippen molar-refractivity contribution >= 4 is 39.2 Å². The van der Waals surface area contributed by atoms with Gasteiger partial charge in [-0.3, -0.25) is 4.79 Å². The molecule has 3 rings (SSSR count). The summed E-state index contributed by atoms with van der Waals surface area (Å²) >= 11 is 3.41. The molecular formula is C21H32N4OS2. The molecule has 1 saturated heterocycles. The molecule has 0 bridgehead atoms. The number of piperidine rings is 1. The monoisotopic (exact) mass is 420 g/mol. The molecule has 0 radical (unpaired) electrons. The fourth-order valence-electron chi connectivity index (χ4n) is 3.79. The minimum absolute atomic E-state index is 0.291. The van der Waals surface area contributed by atoms with E-state index in [1.54, 1.807) is 29.4 Å². The number of rotatable bonds is 7. The molecule has 5 nitrogen and oxygen atoms in total. The largest absolute Gasteiger partial charge is 0.339 e. The van der Waals surface area contributed by atoms with Gasteiger partial charge in [-0.15, -0.1) is 23.1 Å². The van der Waals surface area contributed by atoms with Gasteiger partial charge in [0, 0.05) is 35.0 Å². The Balaban J connectivity index is 1.63. The van der Waals surface area contributed by atoms with Crippen molar-refractivity contribution in [3.63, 3.8) is 0 Å². The van der Waals surface area contributed by atoms with Crippen LogP contribution in [-0.2, 0) is 4.79 Å². The first-order chi connectivity index (χ1) is 13.4. The van der Waals surface area contributed by atoms with E-state index in [0.29, 0.717) is 24.3 Å². The molecule has 1 fully saturated rings. The van der Waals surface area contributed by atoms with Crippen LogP contribution < -0.4 is 0 Å². The lowest BCUT2D eigenvalue weighted by atomic mass is 10.0. The summed E-state index contributed by atoms with van der Waals surface area (Å²) in [5.41, 5.74) is 1.27. The highest BCUT2D eigenvalue weighted by molar-refractivity contribution is 7.99. The van der Waals surface area contributed by atoms with Crippen LogP contribution in [0, 0.1) is 19.8 Å². The molecule has 1 amide bonds. The van der Waals surface area contributed by atoms with Crippen molar-refractivity contribution in [1.29, 1.82) is 0 Å². The Morgan fingerprint density at radius 3 is 2.71 bits per heavy atom. The number of carbonyl (C=O) groups is 1. The molecule has 3 heterocycles. The summed E-state index contributed by atoms with van der Waals surface area (Å²) in [7, 11) is 2.16. The molecule has 1 aliphatic rings. The van der Waals surface area contributed by atoms with E-state index in [4.69, 9.17) is 0 Å². The molecule has 0 spiro atoms. The summed E-state index contributed by atoms with van der Waals surface area (Å²) in [5, 5.41) is 2.17. The van der Waals surface area contributed by atoms with Crippen LogP contribution in [0.25, 0.3) is 10.2 Å². The molecule has 154 valence electrons. The second kappa shape index (κ2) is 9.55. The average Bonchev–Trinajstić information content (AvgIpc) is 2.95. The Morgan fingerprint density at radius 2 is 2.04 bits per heavy atom. The van der Waals surface area contributed by atoms with E-state index in [9.17, 15) is 4.79 Å². The van der Waals surface area contributed by atoms with Crippen LogP contribution in [0.1, 0.15) is 43.6 Å². The number of hydrogen-bond acceptors (Lipinski definition) is 6. The van der Waals surface area contributed by atoms with Gasteiger partial charge in [0.2, 0.25) is 5.91 Å². The number of hydrogen-bond donors (Lipinski definition) is 0.